The molecule has 3 aliphatic rings. The van der Waals surface area contributed by atoms with Crippen LogP contribution in [0.2, 0.25) is 0 Å². The van der Waals surface area contributed by atoms with Crippen molar-refractivity contribution < 1.29 is 37.3 Å². The van der Waals surface area contributed by atoms with E-state index in [1.165, 1.54) is 6.07 Å². The third-order valence-electron chi connectivity index (χ3n) is 6.26. The van der Waals surface area contributed by atoms with Gasteiger partial charge in [0, 0.05) is 36.8 Å². The summed E-state index contributed by atoms with van der Waals surface area (Å²) in [6, 6.07) is 9.35. The van der Waals surface area contributed by atoms with Gasteiger partial charge in [0.15, 0.2) is 0 Å². The van der Waals surface area contributed by atoms with Crippen LogP contribution in [0.1, 0.15) is 36.0 Å². The number of hydrogen-bond acceptors (Lipinski definition) is 5. The normalized spacial score (nSPS) is 17.5. The van der Waals surface area contributed by atoms with Gasteiger partial charge in [-0.3, -0.25) is 4.90 Å². The molecule has 37 heavy (non-hydrogen) atoms. The Hall–Kier alpha value is -3.17. The highest BCUT2D eigenvalue weighted by atomic mass is 35.5. The fraction of sp³-hybridized carbons (Fsp3) is 0.370. The van der Waals surface area contributed by atoms with Gasteiger partial charge in [0.25, 0.3) is 0 Å². The molecule has 1 saturated carbocycles. The first kappa shape index (κ1) is 26.9. The second kappa shape index (κ2) is 11.1. The van der Waals surface area contributed by atoms with Crippen molar-refractivity contribution in [3.8, 4) is 17.2 Å². The lowest BCUT2D eigenvalue weighted by atomic mass is 10.0. The summed E-state index contributed by atoms with van der Waals surface area (Å²) in [7, 11) is 0. The Morgan fingerprint density at radius 3 is 2.70 bits per heavy atom. The minimum Gasteiger partial charge on any atom is -0.490 e. The quantitative estimate of drug-likeness (QED) is 0.463. The van der Waals surface area contributed by atoms with Crippen LogP contribution in [0.3, 0.4) is 0 Å². The molecule has 0 radical (unpaired) electrons. The van der Waals surface area contributed by atoms with Crippen LogP contribution in [0.4, 0.5) is 13.2 Å². The van der Waals surface area contributed by atoms with Gasteiger partial charge < -0.3 is 19.3 Å². The van der Waals surface area contributed by atoms with Crippen molar-refractivity contribution in [2.24, 2.45) is 0 Å². The van der Waals surface area contributed by atoms with Crippen LogP contribution in [0, 0.1) is 0 Å². The van der Waals surface area contributed by atoms with Crippen molar-refractivity contribution in [1.82, 2.24) is 4.90 Å². The number of aliphatic carboxylic acids is 1. The fourth-order valence-corrected chi connectivity index (χ4v) is 4.28. The highest BCUT2D eigenvalue weighted by molar-refractivity contribution is 5.87. The predicted molar refractivity (Wildman–Crippen MR) is 133 cm³/mol. The molecule has 0 atom stereocenters. The van der Waals surface area contributed by atoms with E-state index in [4.69, 9.17) is 14.2 Å². The van der Waals surface area contributed by atoms with Gasteiger partial charge in [-0.1, -0.05) is 12.1 Å². The highest BCUT2D eigenvalue weighted by Gasteiger charge is 2.36. The van der Waals surface area contributed by atoms with Gasteiger partial charge in [-0.25, -0.2) is 4.79 Å². The molecule has 198 valence electrons. The Labute approximate surface area is 218 Å². The van der Waals surface area contributed by atoms with Gasteiger partial charge in [-0.15, -0.1) is 12.4 Å². The van der Waals surface area contributed by atoms with E-state index >= 15 is 0 Å². The molecule has 10 heteroatoms. The number of halogens is 4. The zero-order valence-electron chi connectivity index (χ0n) is 19.9. The average Bonchev–Trinajstić information content (AvgIpc) is 3.67. The van der Waals surface area contributed by atoms with Crippen molar-refractivity contribution in [2.75, 3.05) is 26.2 Å². The average molecular weight is 538 g/mol. The summed E-state index contributed by atoms with van der Waals surface area (Å²) < 4.78 is 57.6. The van der Waals surface area contributed by atoms with Crippen LogP contribution >= 0.6 is 12.4 Å². The summed E-state index contributed by atoms with van der Waals surface area (Å²) >= 11 is 0. The maximum atomic E-state index is 13.5. The van der Waals surface area contributed by atoms with Crippen molar-refractivity contribution in [1.29, 1.82) is 0 Å². The minimum absolute atomic E-state index is 0. The number of hydrogen-bond donors (Lipinski definition) is 1. The van der Waals surface area contributed by atoms with Gasteiger partial charge in [0.2, 0.25) is 0 Å². The molecule has 2 aromatic rings. The summed E-state index contributed by atoms with van der Waals surface area (Å²) in [6.07, 6.45) is 1.41. The number of rotatable bonds is 8. The van der Waals surface area contributed by atoms with E-state index in [9.17, 15) is 23.1 Å². The number of carbonyl (C=O) groups is 1. The second-order valence-electron chi connectivity index (χ2n) is 9.26. The molecule has 2 heterocycles. The Balaban J connectivity index is 0.00000320. The summed E-state index contributed by atoms with van der Waals surface area (Å²) in [4.78, 5) is 13.3. The zero-order chi connectivity index (χ0) is 25.3. The number of fused-ring (bicyclic) bond motifs is 1. The van der Waals surface area contributed by atoms with E-state index in [1.54, 1.807) is 24.3 Å². The van der Waals surface area contributed by atoms with Crippen molar-refractivity contribution in [2.45, 2.75) is 38.1 Å². The summed E-state index contributed by atoms with van der Waals surface area (Å²) in [6.45, 7) is 2.15. The third-order valence-corrected chi connectivity index (χ3v) is 6.26. The first-order chi connectivity index (χ1) is 17.2. The van der Waals surface area contributed by atoms with Gasteiger partial charge in [-0.05, 0) is 60.7 Å². The monoisotopic (exact) mass is 537 g/mol. The molecule has 0 amide bonds. The molecule has 2 aliphatic heterocycles. The number of carboxylic acids is 1. The standard InChI is InChI=1S/C27H26F3NO5.ClH/c28-27(29,30)23-11-17(3-8-24(23)36-21-6-7-21)15-34-22-5-4-19-10-18(16-35-25(19)12-22)13-31-9-1-2-20(14-31)26(32)33;/h2-5,8,10-12,21H,1,6-7,9,13-16H2,(H,32,33);1H. The predicted octanol–water partition coefficient (Wildman–Crippen LogP) is 5.74. The molecular weight excluding hydrogens is 511 g/mol. The third kappa shape index (κ3) is 6.78. The van der Waals surface area contributed by atoms with Gasteiger partial charge in [0.1, 0.15) is 30.5 Å². The largest absolute Gasteiger partial charge is 0.490 e. The Morgan fingerprint density at radius 1 is 1.16 bits per heavy atom. The van der Waals surface area contributed by atoms with E-state index in [2.05, 4.69) is 4.90 Å². The van der Waals surface area contributed by atoms with Crippen molar-refractivity contribution in [3.63, 3.8) is 0 Å². The molecule has 1 N–H and O–H groups in total. The molecule has 0 bridgehead atoms. The lowest BCUT2D eigenvalue weighted by molar-refractivity contribution is -0.139. The topological polar surface area (TPSA) is 68.2 Å². The van der Waals surface area contributed by atoms with E-state index in [0.29, 0.717) is 48.8 Å². The molecule has 0 unspecified atom stereocenters. The summed E-state index contributed by atoms with van der Waals surface area (Å²) in [5.74, 6) is 0.0943. The van der Waals surface area contributed by atoms with Gasteiger partial charge in [0.05, 0.1) is 11.7 Å². The molecule has 1 aliphatic carbocycles. The van der Waals surface area contributed by atoms with Crippen LogP contribution < -0.4 is 14.2 Å². The van der Waals surface area contributed by atoms with Gasteiger partial charge in [-0.2, -0.15) is 13.2 Å². The highest BCUT2D eigenvalue weighted by Crippen LogP contribution is 2.39. The lowest BCUT2D eigenvalue weighted by Crippen LogP contribution is -2.34. The number of carboxylic acid groups (broad SMARTS) is 1. The maximum Gasteiger partial charge on any atom is 0.419 e. The van der Waals surface area contributed by atoms with Crippen molar-refractivity contribution in [3.05, 3.63) is 70.3 Å². The molecular formula is C27H27ClF3NO5. The zero-order valence-corrected chi connectivity index (χ0v) is 20.7. The number of nitrogens with zero attached hydrogens (tertiary/aromatic N) is 1. The van der Waals surface area contributed by atoms with E-state index in [1.807, 2.05) is 12.1 Å². The van der Waals surface area contributed by atoms with Crippen LogP contribution in [-0.4, -0.2) is 48.3 Å². The number of alkyl halides is 3. The first-order valence-corrected chi connectivity index (χ1v) is 11.8. The van der Waals surface area contributed by atoms with Gasteiger partial charge >= 0.3 is 12.1 Å². The van der Waals surface area contributed by atoms with E-state index < -0.39 is 17.7 Å². The summed E-state index contributed by atoms with van der Waals surface area (Å²) in [5.41, 5.74) is 1.92. The Bertz CT molecular complexity index is 1220. The molecule has 5 rings (SSSR count). The fourth-order valence-electron chi connectivity index (χ4n) is 4.28. The van der Waals surface area contributed by atoms with E-state index in [0.717, 1.165) is 36.6 Å². The summed E-state index contributed by atoms with van der Waals surface area (Å²) in [5, 5.41) is 9.23. The Morgan fingerprint density at radius 2 is 1.97 bits per heavy atom. The number of ether oxygens (including phenoxy) is 3. The molecule has 0 saturated heterocycles. The van der Waals surface area contributed by atoms with Crippen LogP contribution in [-0.2, 0) is 17.6 Å². The van der Waals surface area contributed by atoms with Crippen LogP contribution in [0.5, 0.6) is 17.2 Å². The smallest absolute Gasteiger partial charge is 0.419 e. The molecule has 6 nitrogen and oxygen atoms in total. The van der Waals surface area contributed by atoms with Crippen LogP contribution in [0.15, 0.2) is 53.6 Å². The molecule has 1 fully saturated rings. The maximum absolute atomic E-state index is 13.5. The van der Waals surface area contributed by atoms with E-state index in [-0.39, 0.29) is 30.9 Å². The Kier molecular flexibility index (Phi) is 8.04. The molecule has 0 aromatic heterocycles. The van der Waals surface area contributed by atoms with Crippen LogP contribution in [0.25, 0.3) is 6.08 Å². The molecule has 0 spiro atoms. The minimum atomic E-state index is -4.51. The van der Waals surface area contributed by atoms with Crippen molar-refractivity contribution >= 4 is 24.5 Å². The first-order valence-electron chi connectivity index (χ1n) is 11.8. The second-order valence-corrected chi connectivity index (χ2v) is 9.26. The SMILES string of the molecule is Cl.O=C(O)C1=CCCN(CC2=Cc3ccc(OCc4ccc(OC5CC5)c(C(F)(F)F)c4)cc3OC2)C1. The lowest BCUT2D eigenvalue weighted by Gasteiger charge is -2.28. The number of benzene rings is 2. The molecule has 2 aromatic carbocycles.